The first-order valence-electron chi connectivity index (χ1n) is 10.1. The fourth-order valence-electron chi connectivity index (χ4n) is 4.02. The molecule has 7 heteroatoms. The summed E-state index contributed by atoms with van der Waals surface area (Å²) in [5.74, 6) is 0. The van der Waals surface area contributed by atoms with Gasteiger partial charge in [-0.15, -0.1) is 0 Å². The number of pyridine rings is 1. The number of benzene rings is 1. The number of halogens is 1. The molecule has 4 rings (SSSR count). The summed E-state index contributed by atoms with van der Waals surface area (Å²) in [5, 5.41) is 4.33. The summed E-state index contributed by atoms with van der Waals surface area (Å²) in [6.45, 7) is 1.91. The Labute approximate surface area is 191 Å². The van der Waals surface area contributed by atoms with Gasteiger partial charge in [-0.25, -0.2) is 0 Å². The van der Waals surface area contributed by atoms with E-state index >= 15 is 0 Å². The summed E-state index contributed by atoms with van der Waals surface area (Å²) in [5.41, 5.74) is 3.32. The zero-order chi connectivity index (χ0) is 21.1. The van der Waals surface area contributed by atoms with Gasteiger partial charge in [0.1, 0.15) is 0 Å². The lowest BCUT2D eigenvalue weighted by molar-refractivity contribution is 0.286. The van der Waals surface area contributed by atoms with Gasteiger partial charge in [0.25, 0.3) is 0 Å². The number of nitrogens with zero attached hydrogens (tertiary/aromatic N) is 4. The van der Waals surface area contributed by atoms with Crippen LogP contribution in [0.3, 0.4) is 0 Å². The van der Waals surface area contributed by atoms with Crippen molar-refractivity contribution in [2.45, 2.75) is 18.5 Å². The molecule has 3 aromatic rings. The van der Waals surface area contributed by atoms with E-state index in [-0.39, 0.29) is 12.1 Å². The summed E-state index contributed by atoms with van der Waals surface area (Å²) in [4.78, 5) is 9.17. The molecule has 1 aromatic carbocycles. The summed E-state index contributed by atoms with van der Waals surface area (Å²) < 4.78 is 3.31. The van der Waals surface area contributed by atoms with E-state index in [0.29, 0.717) is 0 Å². The van der Waals surface area contributed by atoms with Gasteiger partial charge in [0.15, 0.2) is 5.11 Å². The lowest BCUT2D eigenvalue weighted by atomic mass is 10.0. The van der Waals surface area contributed by atoms with Gasteiger partial charge in [0, 0.05) is 34.8 Å². The maximum atomic E-state index is 5.79. The van der Waals surface area contributed by atoms with Crippen LogP contribution in [0.2, 0.25) is 0 Å². The third kappa shape index (κ3) is 4.43. The van der Waals surface area contributed by atoms with E-state index in [1.165, 1.54) is 5.69 Å². The third-order valence-corrected chi connectivity index (χ3v) is 6.22. The molecule has 3 heterocycles. The second kappa shape index (κ2) is 9.29. The summed E-state index contributed by atoms with van der Waals surface area (Å²) in [7, 11) is 4.21. The Balaban J connectivity index is 1.74. The highest BCUT2D eigenvalue weighted by Gasteiger charge is 2.40. The molecular weight excluding hydrogens is 458 g/mol. The maximum Gasteiger partial charge on any atom is 0.170 e. The first-order chi connectivity index (χ1) is 14.5. The molecule has 5 nitrogen and oxygen atoms in total. The van der Waals surface area contributed by atoms with Crippen molar-refractivity contribution in [1.82, 2.24) is 24.7 Å². The molecule has 0 radical (unpaired) electrons. The van der Waals surface area contributed by atoms with Crippen molar-refractivity contribution < 1.29 is 0 Å². The smallest absolute Gasteiger partial charge is 0.170 e. The van der Waals surface area contributed by atoms with Crippen LogP contribution in [0.5, 0.6) is 0 Å². The molecule has 0 amide bonds. The van der Waals surface area contributed by atoms with E-state index in [1.807, 2.05) is 24.4 Å². The number of hydrogen-bond donors (Lipinski definition) is 1. The van der Waals surface area contributed by atoms with Gasteiger partial charge >= 0.3 is 0 Å². The molecule has 1 aliphatic rings. The Kier molecular flexibility index (Phi) is 6.51. The van der Waals surface area contributed by atoms with Crippen LogP contribution in [0.4, 0.5) is 0 Å². The molecule has 2 aromatic heterocycles. The second-order valence-corrected chi connectivity index (χ2v) is 9.06. The largest absolute Gasteiger partial charge is 0.352 e. The number of rotatable bonds is 7. The Morgan fingerprint density at radius 1 is 1.13 bits per heavy atom. The Morgan fingerprint density at radius 2 is 2.00 bits per heavy atom. The van der Waals surface area contributed by atoms with Crippen LogP contribution in [-0.2, 0) is 0 Å². The van der Waals surface area contributed by atoms with Crippen molar-refractivity contribution in [3.8, 4) is 5.69 Å². The normalized spacial score (nSPS) is 18.8. The number of hydrogen-bond acceptors (Lipinski definition) is 3. The van der Waals surface area contributed by atoms with Crippen molar-refractivity contribution in [3.05, 3.63) is 82.9 Å². The zero-order valence-corrected chi connectivity index (χ0v) is 19.6. The van der Waals surface area contributed by atoms with Gasteiger partial charge in [-0.05, 0) is 81.7 Å². The molecule has 2 unspecified atom stereocenters. The average Bonchev–Trinajstić information content (AvgIpc) is 3.33. The van der Waals surface area contributed by atoms with E-state index in [4.69, 9.17) is 12.2 Å². The standard InChI is InChI=1S/C23H26BrN5S/c1-27(2)13-7-15-29-22(21(26-23(29)30)19-10-3-4-12-25-19)20-11-6-14-28(20)18-9-5-8-17(24)16-18/h3-6,8-12,14,16,21-22H,7,13,15H2,1-2H3,(H,26,30). The van der Waals surface area contributed by atoms with Gasteiger partial charge in [0.05, 0.1) is 17.8 Å². The van der Waals surface area contributed by atoms with Crippen molar-refractivity contribution in [2.24, 2.45) is 0 Å². The molecular formula is C23H26BrN5S. The van der Waals surface area contributed by atoms with E-state index < -0.39 is 0 Å². The van der Waals surface area contributed by atoms with Crippen molar-refractivity contribution in [2.75, 3.05) is 27.2 Å². The molecule has 156 valence electrons. The molecule has 1 fully saturated rings. The topological polar surface area (TPSA) is 36.3 Å². The number of nitrogens with one attached hydrogen (secondary N) is 1. The van der Waals surface area contributed by atoms with E-state index in [0.717, 1.165) is 40.5 Å². The minimum absolute atomic E-state index is 0.00106. The van der Waals surface area contributed by atoms with Crippen LogP contribution in [0.15, 0.2) is 71.5 Å². The van der Waals surface area contributed by atoms with E-state index in [9.17, 15) is 0 Å². The zero-order valence-electron chi connectivity index (χ0n) is 17.2. The first kappa shape index (κ1) is 21.0. The number of aromatic nitrogens is 2. The molecule has 1 N–H and O–H groups in total. The maximum absolute atomic E-state index is 5.79. The summed E-state index contributed by atoms with van der Waals surface area (Å²) in [6.07, 6.45) is 5.00. The minimum atomic E-state index is -0.00106. The highest BCUT2D eigenvalue weighted by molar-refractivity contribution is 9.10. The summed E-state index contributed by atoms with van der Waals surface area (Å²) >= 11 is 9.39. The van der Waals surface area contributed by atoms with Gasteiger partial charge in [-0.3, -0.25) is 4.98 Å². The molecule has 0 spiro atoms. The van der Waals surface area contributed by atoms with Gasteiger partial charge in [-0.2, -0.15) is 0 Å². The molecule has 1 aliphatic heterocycles. The predicted octanol–water partition coefficient (Wildman–Crippen LogP) is 4.56. The second-order valence-electron chi connectivity index (χ2n) is 7.76. The fourth-order valence-corrected chi connectivity index (χ4v) is 4.74. The fraction of sp³-hybridized carbons (Fsp3) is 0.304. The highest BCUT2D eigenvalue weighted by atomic mass is 79.9. The third-order valence-electron chi connectivity index (χ3n) is 5.37. The van der Waals surface area contributed by atoms with E-state index in [2.05, 4.69) is 97.3 Å². The SMILES string of the molecule is CN(C)CCCN1C(=S)NC(c2ccccn2)C1c1cccn1-c1cccc(Br)c1. The Hall–Kier alpha value is -2.22. The molecule has 30 heavy (non-hydrogen) atoms. The van der Waals surface area contributed by atoms with Crippen LogP contribution >= 0.6 is 28.1 Å². The van der Waals surface area contributed by atoms with Gasteiger partial charge < -0.3 is 19.7 Å². The van der Waals surface area contributed by atoms with Crippen LogP contribution in [0.1, 0.15) is 29.9 Å². The van der Waals surface area contributed by atoms with Crippen LogP contribution in [-0.4, -0.2) is 51.6 Å². The van der Waals surface area contributed by atoms with Crippen LogP contribution in [0.25, 0.3) is 5.69 Å². The van der Waals surface area contributed by atoms with Crippen molar-refractivity contribution >= 4 is 33.3 Å². The van der Waals surface area contributed by atoms with Gasteiger partial charge in [0.2, 0.25) is 0 Å². The quantitative estimate of drug-likeness (QED) is 0.498. The van der Waals surface area contributed by atoms with Gasteiger partial charge in [-0.1, -0.05) is 28.1 Å². The van der Waals surface area contributed by atoms with Crippen LogP contribution < -0.4 is 5.32 Å². The first-order valence-corrected chi connectivity index (χ1v) is 11.3. The highest BCUT2D eigenvalue weighted by Crippen LogP contribution is 2.39. The monoisotopic (exact) mass is 483 g/mol. The molecule has 0 aliphatic carbocycles. The molecule has 0 bridgehead atoms. The lowest BCUT2D eigenvalue weighted by Crippen LogP contribution is -2.32. The van der Waals surface area contributed by atoms with Crippen molar-refractivity contribution in [3.63, 3.8) is 0 Å². The summed E-state index contributed by atoms with van der Waals surface area (Å²) in [6, 6.07) is 18.8. The van der Waals surface area contributed by atoms with E-state index in [1.54, 1.807) is 0 Å². The number of thiocarbonyl (C=S) groups is 1. The van der Waals surface area contributed by atoms with Crippen molar-refractivity contribution in [1.29, 1.82) is 0 Å². The van der Waals surface area contributed by atoms with Crippen LogP contribution in [0, 0.1) is 0 Å². The Bertz CT molecular complexity index is 1000. The molecule has 1 saturated heterocycles. The lowest BCUT2D eigenvalue weighted by Gasteiger charge is -2.29. The predicted molar refractivity (Wildman–Crippen MR) is 129 cm³/mol. The minimum Gasteiger partial charge on any atom is -0.352 e. The molecule has 2 atom stereocenters. The Morgan fingerprint density at radius 3 is 2.73 bits per heavy atom. The molecule has 0 saturated carbocycles. The average molecular weight is 484 g/mol.